The van der Waals surface area contributed by atoms with Gasteiger partial charge in [0, 0.05) is 38.7 Å². The van der Waals surface area contributed by atoms with Crippen LogP contribution in [0.4, 0.5) is 10.5 Å². The molecule has 0 aliphatic carbocycles. The highest BCUT2D eigenvalue weighted by atomic mass is 16.4. The molecule has 0 radical (unpaired) electrons. The molecule has 1 saturated heterocycles. The van der Waals surface area contributed by atoms with Crippen LogP contribution in [0.2, 0.25) is 0 Å². The second kappa shape index (κ2) is 9.02. The van der Waals surface area contributed by atoms with Crippen LogP contribution in [-0.2, 0) is 14.4 Å². The molecular formula is C18H24N4O5. The summed E-state index contributed by atoms with van der Waals surface area (Å²) in [6.45, 7) is 3.54. The molecule has 27 heavy (non-hydrogen) atoms. The maximum atomic E-state index is 12.3. The fourth-order valence-corrected chi connectivity index (χ4v) is 2.88. The number of nitrogens with zero attached hydrogens (tertiary/aromatic N) is 2. The Morgan fingerprint density at radius 1 is 1.15 bits per heavy atom. The first-order valence-electron chi connectivity index (χ1n) is 8.64. The first-order chi connectivity index (χ1) is 12.8. The molecule has 4 amide bonds. The van der Waals surface area contributed by atoms with E-state index in [4.69, 9.17) is 0 Å². The zero-order chi connectivity index (χ0) is 20.0. The molecule has 9 heteroatoms. The minimum absolute atomic E-state index is 0.0654. The molecule has 0 bridgehead atoms. The van der Waals surface area contributed by atoms with Gasteiger partial charge in [-0.05, 0) is 19.1 Å². The summed E-state index contributed by atoms with van der Waals surface area (Å²) in [5.74, 6) is -0.952. The number of carbonyl (C=O) groups is 4. The van der Waals surface area contributed by atoms with Gasteiger partial charge in [-0.3, -0.25) is 14.4 Å². The molecule has 0 saturated carbocycles. The molecule has 1 atom stereocenters. The average molecular weight is 376 g/mol. The lowest BCUT2D eigenvalue weighted by molar-refractivity contribution is -0.135. The third-order valence-electron chi connectivity index (χ3n) is 4.33. The van der Waals surface area contributed by atoms with Gasteiger partial charge in [-0.1, -0.05) is 17.7 Å². The number of aryl methyl sites for hydroxylation is 1. The van der Waals surface area contributed by atoms with Crippen LogP contribution < -0.4 is 10.6 Å². The van der Waals surface area contributed by atoms with Gasteiger partial charge in [-0.15, -0.1) is 0 Å². The lowest BCUT2D eigenvalue weighted by Crippen LogP contribution is -2.58. The van der Waals surface area contributed by atoms with Gasteiger partial charge in [-0.2, -0.15) is 0 Å². The average Bonchev–Trinajstić information content (AvgIpc) is 2.61. The van der Waals surface area contributed by atoms with E-state index in [9.17, 15) is 24.3 Å². The van der Waals surface area contributed by atoms with E-state index in [0.29, 0.717) is 5.69 Å². The topological polar surface area (TPSA) is 119 Å². The number of benzene rings is 1. The summed E-state index contributed by atoms with van der Waals surface area (Å²) in [6, 6.07) is 6.62. The Labute approximate surface area is 157 Å². The number of hydrogen-bond donors (Lipinski definition) is 3. The first-order valence-corrected chi connectivity index (χ1v) is 8.64. The SMILES string of the molecule is CC(=O)NCC(=O)N1CCN(C(=O)O)C(CC(=O)Nc2ccc(C)cc2)C1. The molecule has 9 nitrogen and oxygen atoms in total. The molecule has 1 aliphatic rings. The van der Waals surface area contributed by atoms with Crippen molar-refractivity contribution in [3.63, 3.8) is 0 Å². The fraction of sp³-hybridized carbons (Fsp3) is 0.444. The molecule has 1 heterocycles. The summed E-state index contributed by atoms with van der Waals surface area (Å²) < 4.78 is 0. The number of carbonyl (C=O) groups excluding carboxylic acids is 3. The van der Waals surface area contributed by atoms with Gasteiger partial charge in [0.1, 0.15) is 0 Å². The maximum Gasteiger partial charge on any atom is 0.407 e. The van der Waals surface area contributed by atoms with Crippen molar-refractivity contribution in [1.29, 1.82) is 0 Å². The minimum atomic E-state index is -1.13. The summed E-state index contributed by atoms with van der Waals surface area (Å²) in [6.07, 6.45) is -1.19. The Balaban J connectivity index is 1.99. The summed E-state index contributed by atoms with van der Waals surface area (Å²) in [5.41, 5.74) is 1.69. The third kappa shape index (κ3) is 5.98. The van der Waals surface area contributed by atoms with E-state index in [1.165, 1.54) is 16.7 Å². The van der Waals surface area contributed by atoms with Crippen LogP contribution >= 0.6 is 0 Å². The van der Waals surface area contributed by atoms with Gasteiger partial charge in [-0.25, -0.2) is 4.79 Å². The van der Waals surface area contributed by atoms with Gasteiger partial charge in [0.25, 0.3) is 0 Å². The normalized spacial score (nSPS) is 16.6. The Bertz CT molecular complexity index is 719. The number of carboxylic acid groups (broad SMARTS) is 1. The van der Waals surface area contributed by atoms with Crippen LogP contribution in [0.15, 0.2) is 24.3 Å². The minimum Gasteiger partial charge on any atom is -0.465 e. The highest BCUT2D eigenvalue weighted by molar-refractivity contribution is 5.91. The van der Waals surface area contributed by atoms with Crippen LogP contribution in [-0.4, -0.2) is 70.9 Å². The van der Waals surface area contributed by atoms with Gasteiger partial charge in [0.05, 0.1) is 12.6 Å². The molecule has 1 aromatic carbocycles. The molecule has 1 fully saturated rings. The van der Waals surface area contributed by atoms with Crippen molar-refractivity contribution >= 4 is 29.5 Å². The van der Waals surface area contributed by atoms with Gasteiger partial charge in [0.15, 0.2) is 0 Å². The van der Waals surface area contributed by atoms with Crippen LogP contribution in [0, 0.1) is 6.92 Å². The largest absolute Gasteiger partial charge is 0.465 e. The molecule has 3 N–H and O–H groups in total. The zero-order valence-corrected chi connectivity index (χ0v) is 15.4. The van der Waals surface area contributed by atoms with Crippen molar-refractivity contribution in [2.75, 3.05) is 31.5 Å². The van der Waals surface area contributed by atoms with Crippen LogP contribution in [0.3, 0.4) is 0 Å². The van der Waals surface area contributed by atoms with E-state index in [2.05, 4.69) is 10.6 Å². The van der Waals surface area contributed by atoms with Crippen molar-refractivity contribution in [2.45, 2.75) is 26.3 Å². The van der Waals surface area contributed by atoms with Gasteiger partial charge in [0.2, 0.25) is 17.7 Å². The third-order valence-corrected chi connectivity index (χ3v) is 4.33. The van der Waals surface area contributed by atoms with Crippen molar-refractivity contribution < 1.29 is 24.3 Å². The molecule has 1 unspecified atom stereocenters. The molecule has 1 aromatic rings. The van der Waals surface area contributed by atoms with E-state index in [0.717, 1.165) is 5.56 Å². The predicted molar refractivity (Wildman–Crippen MR) is 98.2 cm³/mol. The van der Waals surface area contributed by atoms with E-state index < -0.39 is 12.1 Å². The van der Waals surface area contributed by atoms with Crippen molar-refractivity contribution in [3.05, 3.63) is 29.8 Å². The number of piperazine rings is 1. The van der Waals surface area contributed by atoms with E-state index in [1.54, 1.807) is 12.1 Å². The Hall–Kier alpha value is -3.10. The smallest absolute Gasteiger partial charge is 0.407 e. The Kier molecular flexibility index (Phi) is 6.75. The highest BCUT2D eigenvalue weighted by Crippen LogP contribution is 2.16. The quantitative estimate of drug-likeness (QED) is 0.697. The monoisotopic (exact) mass is 376 g/mol. The molecule has 0 spiro atoms. The Morgan fingerprint density at radius 2 is 1.81 bits per heavy atom. The van der Waals surface area contributed by atoms with E-state index in [-0.39, 0.29) is 50.3 Å². The van der Waals surface area contributed by atoms with Crippen LogP contribution in [0.5, 0.6) is 0 Å². The molecule has 1 aliphatic heterocycles. The van der Waals surface area contributed by atoms with Crippen molar-refractivity contribution in [2.24, 2.45) is 0 Å². The van der Waals surface area contributed by atoms with E-state index >= 15 is 0 Å². The maximum absolute atomic E-state index is 12.3. The number of anilines is 1. The van der Waals surface area contributed by atoms with Crippen molar-refractivity contribution in [1.82, 2.24) is 15.1 Å². The summed E-state index contributed by atoms with van der Waals surface area (Å²) in [7, 11) is 0. The number of amides is 4. The summed E-state index contributed by atoms with van der Waals surface area (Å²) in [5, 5.41) is 14.5. The lowest BCUT2D eigenvalue weighted by Gasteiger charge is -2.39. The lowest BCUT2D eigenvalue weighted by atomic mass is 10.1. The van der Waals surface area contributed by atoms with Crippen LogP contribution in [0.25, 0.3) is 0 Å². The first kappa shape index (κ1) is 20.2. The standard InChI is InChI=1S/C18H24N4O5/c1-12-3-5-14(6-4-12)20-16(24)9-15-11-21(7-8-22(15)18(26)27)17(25)10-19-13(2)23/h3-6,15H,7-11H2,1-2H3,(H,19,23)(H,20,24)(H,26,27). The molecule has 146 valence electrons. The van der Waals surface area contributed by atoms with Gasteiger partial charge < -0.3 is 25.5 Å². The molecule has 0 aromatic heterocycles. The van der Waals surface area contributed by atoms with Gasteiger partial charge >= 0.3 is 6.09 Å². The summed E-state index contributed by atoms with van der Waals surface area (Å²) >= 11 is 0. The number of hydrogen-bond acceptors (Lipinski definition) is 4. The number of rotatable bonds is 5. The van der Waals surface area contributed by atoms with E-state index in [1.807, 2.05) is 19.1 Å². The summed E-state index contributed by atoms with van der Waals surface area (Å²) in [4.78, 5) is 49.6. The fourth-order valence-electron chi connectivity index (χ4n) is 2.88. The second-order valence-corrected chi connectivity index (χ2v) is 6.50. The zero-order valence-electron chi connectivity index (χ0n) is 15.4. The number of nitrogens with one attached hydrogen (secondary N) is 2. The van der Waals surface area contributed by atoms with Crippen molar-refractivity contribution in [3.8, 4) is 0 Å². The van der Waals surface area contributed by atoms with Crippen LogP contribution in [0.1, 0.15) is 18.9 Å². The molecule has 2 rings (SSSR count). The Morgan fingerprint density at radius 3 is 2.41 bits per heavy atom. The highest BCUT2D eigenvalue weighted by Gasteiger charge is 2.33. The second-order valence-electron chi connectivity index (χ2n) is 6.50. The molecular weight excluding hydrogens is 352 g/mol. The predicted octanol–water partition coefficient (Wildman–Crippen LogP) is 0.651.